The normalized spacial score (nSPS) is 10.8. The fourth-order valence-corrected chi connectivity index (χ4v) is 3.53. The summed E-state index contributed by atoms with van der Waals surface area (Å²) in [6.45, 7) is 4.65. The molecule has 0 fully saturated rings. The lowest BCUT2D eigenvalue weighted by molar-refractivity contribution is -0.120. The first kappa shape index (κ1) is 21.4. The zero-order valence-corrected chi connectivity index (χ0v) is 18.5. The van der Waals surface area contributed by atoms with Crippen LogP contribution in [0.3, 0.4) is 0 Å². The van der Waals surface area contributed by atoms with Gasteiger partial charge in [-0.05, 0) is 66.1 Å². The Morgan fingerprint density at radius 2 is 1.62 bits per heavy atom. The number of aryl methyl sites for hydroxylation is 2. The quantitative estimate of drug-likeness (QED) is 0.431. The predicted octanol–water partition coefficient (Wildman–Crippen LogP) is 4.89. The van der Waals surface area contributed by atoms with E-state index < -0.39 is 0 Å². The molecule has 0 radical (unpaired) electrons. The first-order chi connectivity index (χ1) is 15.5. The molecule has 1 amide bonds. The Morgan fingerprint density at radius 3 is 2.34 bits per heavy atom. The minimum absolute atomic E-state index is 0.0239. The van der Waals surface area contributed by atoms with Crippen molar-refractivity contribution in [2.24, 2.45) is 0 Å². The number of ether oxygens (including phenoxy) is 2. The number of hydrogen-bond acceptors (Lipinski definition) is 5. The summed E-state index contributed by atoms with van der Waals surface area (Å²) in [5, 5.41) is 9.15. The number of hydrogen-bond donors (Lipinski definition) is 1. The molecule has 0 spiro atoms. The smallest absolute Gasteiger partial charge is 0.224 e. The van der Waals surface area contributed by atoms with Gasteiger partial charge in [-0.3, -0.25) is 4.79 Å². The number of carbonyl (C=O) groups excluding carboxylic acids is 1. The molecule has 4 aromatic rings. The summed E-state index contributed by atoms with van der Waals surface area (Å²) in [5.74, 6) is 2.31. The molecule has 0 bridgehead atoms. The molecule has 164 valence electrons. The molecule has 32 heavy (non-hydrogen) atoms. The Bertz CT molecular complexity index is 1210. The van der Waals surface area contributed by atoms with E-state index in [9.17, 15) is 4.79 Å². The summed E-state index contributed by atoms with van der Waals surface area (Å²) in [6, 6.07) is 19.7. The molecule has 4 rings (SSSR count). The first-order valence-corrected chi connectivity index (χ1v) is 10.5. The van der Waals surface area contributed by atoms with E-state index in [1.807, 2.05) is 68.4 Å². The van der Waals surface area contributed by atoms with Gasteiger partial charge < -0.3 is 19.3 Å². The Balaban J connectivity index is 1.29. The highest BCUT2D eigenvalue weighted by Gasteiger charge is 2.10. The van der Waals surface area contributed by atoms with Crippen LogP contribution in [0.2, 0.25) is 0 Å². The maximum Gasteiger partial charge on any atom is 0.224 e. The molecule has 0 saturated heterocycles. The van der Waals surface area contributed by atoms with E-state index >= 15 is 0 Å². The molecular formula is C26H26N2O4. The van der Waals surface area contributed by atoms with E-state index in [2.05, 4.69) is 16.5 Å². The number of amides is 1. The summed E-state index contributed by atoms with van der Waals surface area (Å²) in [5.41, 5.74) is 3.78. The third-order valence-corrected chi connectivity index (χ3v) is 5.45. The second kappa shape index (κ2) is 9.56. The van der Waals surface area contributed by atoms with E-state index in [0.717, 1.165) is 50.4 Å². The number of nitrogens with zero attached hydrogens (tertiary/aromatic N) is 1. The van der Waals surface area contributed by atoms with Gasteiger partial charge in [0.05, 0.1) is 24.8 Å². The molecule has 6 nitrogen and oxygen atoms in total. The molecule has 0 aliphatic carbocycles. The van der Waals surface area contributed by atoms with E-state index in [1.165, 1.54) is 0 Å². The van der Waals surface area contributed by atoms with E-state index in [4.69, 9.17) is 14.0 Å². The number of aromatic nitrogens is 1. The van der Waals surface area contributed by atoms with Crippen LogP contribution >= 0.6 is 0 Å². The Hall–Kier alpha value is -3.80. The van der Waals surface area contributed by atoms with Crippen molar-refractivity contribution in [2.45, 2.75) is 33.4 Å². The highest BCUT2D eigenvalue weighted by molar-refractivity contribution is 5.85. The Morgan fingerprint density at radius 1 is 0.938 bits per heavy atom. The molecule has 0 saturated carbocycles. The highest BCUT2D eigenvalue weighted by atomic mass is 16.5. The van der Waals surface area contributed by atoms with E-state index in [-0.39, 0.29) is 5.91 Å². The molecule has 6 heteroatoms. The molecule has 1 N–H and O–H groups in total. The third kappa shape index (κ3) is 5.09. The van der Waals surface area contributed by atoms with Crippen molar-refractivity contribution in [3.05, 3.63) is 88.8 Å². The van der Waals surface area contributed by atoms with Crippen molar-refractivity contribution in [2.75, 3.05) is 7.11 Å². The van der Waals surface area contributed by atoms with Crippen molar-refractivity contribution in [1.82, 2.24) is 10.5 Å². The van der Waals surface area contributed by atoms with Crippen LogP contribution in [0.4, 0.5) is 0 Å². The van der Waals surface area contributed by atoms with Gasteiger partial charge in [-0.15, -0.1) is 0 Å². The third-order valence-electron chi connectivity index (χ3n) is 5.45. The lowest BCUT2D eigenvalue weighted by Gasteiger charge is -2.09. The summed E-state index contributed by atoms with van der Waals surface area (Å²) in [6.07, 6.45) is 0.314. The fraction of sp³-hybridized carbons (Fsp3) is 0.231. The van der Waals surface area contributed by atoms with Crippen LogP contribution < -0.4 is 14.8 Å². The SMILES string of the molecule is COc1ccc2cc(CNC(=O)Cc3ccc(OCc4c(C)noc4C)cc3)ccc2c1. The fourth-order valence-electron chi connectivity index (χ4n) is 3.53. The van der Waals surface area contributed by atoms with Crippen molar-refractivity contribution >= 4 is 16.7 Å². The van der Waals surface area contributed by atoms with Gasteiger partial charge in [0.25, 0.3) is 0 Å². The number of fused-ring (bicyclic) bond motifs is 1. The Kier molecular flexibility index (Phi) is 6.40. The van der Waals surface area contributed by atoms with Crippen LogP contribution in [0, 0.1) is 13.8 Å². The van der Waals surface area contributed by atoms with Crippen LogP contribution in [-0.2, 0) is 24.4 Å². The zero-order valence-electron chi connectivity index (χ0n) is 18.5. The van der Waals surface area contributed by atoms with Crippen LogP contribution in [0.1, 0.15) is 28.1 Å². The van der Waals surface area contributed by atoms with Crippen molar-refractivity contribution in [3.8, 4) is 11.5 Å². The molecule has 1 aromatic heterocycles. The molecule has 0 aliphatic heterocycles. The maximum atomic E-state index is 12.4. The van der Waals surface area contributed by atoms with Gasteiger partial charge in [0.2, 0.25) is 5.91 Å². The average molecular weight is 431 g/mol. The summed E-state index contributed by atoms with van der Waals surface area (Å²) in [4.78, 5) is 12.4. The van der Waals surface area contributed by atoms with Gasteiger partial charge in [-0.25, -0.2) is 0 Å². The topological polar surface area (TPSA) is 73.6 Å². The standard InChI is InChI=1S/C26H26N2O4/c1-17-25(18(2)32-28-17)16-31-23-9-5-19(6-10-23)13-26(29)27-15-20-4-7-22-14-24(30-3)11-8-21(22)12-20/h4-12,14H,13,15-16H2,1-3H3,(H,27,29). The summed E-state index contributed by atoms with van der Waals surface area (Å²) in [7, 11) is 1.66. The lowest BCUT2D eigenvalue weighted by atomic mass is 10.1. The number of rotatable bonds is 8. The van der Waals surface area contributed by atoms with Crippen LogP contribution in [0.5, 0.6) is 11.5 Å². The van der Waals surface area contributed by atoms with Crippen LogP contribution in [-0.4, -0.2) is 18.2 Å². The minimum Gasteiger partial charge on any atom is -0.497 e. The molecule has 1 heterocycles. The second-order valence-corrected chi connectivity index (χ2v) is 7.74. The van der Waals surface area contributed by atoms with Gasteiger partial charge >= 0.3 is 0 Å². The minimum atomic E-state index is -0.0239. The van der Waals surface area contributed by atoms with Crippen molar-refractivity contribution in [1.29, 1.82) is 0 Å². The second-order valence-electron chi connectivity index (χ2n) is 7.74. The van der Waals surface area contributed by atoms with Gasteiger partial charge in [0, 0.05) is 6.54 Å². The monoisotopic (exact) mass is 430 g/mol. The molecular weight excluding hydrogens is 404 g/mol. The van der Waals surface area contributed by atoms with E-state index in [1.54, 1.807) is 7.11 Å². The number of nitrogens with one attached hydrogen (secondary N) is 1. The van der Waals surface area contributed by atoms with Gasteiger partial charge in [0.15, 0.2) is 0 Å². The van der Waals surface area contributed by atoms with Gasteiger partial charge in [-0.2, -0.15) is 0 Å². The number of carbonyl (C=O) groups is 1. The first-order valence-electron chi connectivity index (χ1n) is 10.5. The van der Waals surface area contributed by atoms with Crippen LogP contribution in [0.25, 0.3) is 10.8 Å². The summed E-state index contributed by atoms with van der Waals surface area (Å²) < 4.78 is 16.2. The van der Waals surface area contributed by atoms with Crippen LogP contribution in [0.15, 0.2) is 65.2 Å². The maximum absolute atomic E-state index is 12.4. The molecule has 3 aromatic carbocycles. The number of methoxy groups -OCH3 is 1. The molecule has 0 aliphatic rings. The molecule has 0 unspecified atom stereocenters. The Labute approximate surface area is 187 Å². The van der Waals surface area contributed by atoms with E-state index in [0.29, 0.717) is 19.6 Å². The largest absolute Gasteiger partial charge is 0.497 e. The summed E-state index contributed by atoms with van der Waals surface area (Å²) >= 11 is 0. The predicted molar refractivity (Wildman–Crippen MR) is 123 cm³/mol. The highest BCUT2D eigenvalue weighted by Crippen LogP contribution is 2.22. The lowest BCUT2D eigenvalue weighted by Crippen LogP contribution is -2.24. The van der Waals surface area contributed by atoms with Crippen molar-refractivity contribution in [3.63, 3.8) is 0 Å². The average Bonchev–Trinajstić information content (AvgIpc) is 3.13. The molecule has 0 atom stereocenters. The zero-order chi connectivity index (χ0) is 22.5. The van der Waals surface area contributed by atoms with Gasteiger partial charge in [-0.1, -0.05) is 35.5 Å². The van der Waals surface area contributed by atoms with Crippen molar-refractivity contribution < 1.29 is 18.8 Å². The number of benzene rings is 3. The van der Waals surface area contributed by atoms with Gasteiger partial charge in [0.1, 0.15) is 23.9 Å².